The number of hydrogen-bond acceptors (Lipinski definition) is 3. The Hall–Kier alpha value is -0.810. The Kier molecular flexibility index (Phi) is 4.83. The van der Waals surface area contributed by atoms with Gasteiger partial charge in [0.1, 0.15) is 0 Å². The fourth-order valence-electron chi connectivity index (χ4n) is 3.53. The van der Waals surface area contributed by atoms with E-state index in [2.05, 4.69) is 43.3 Å². The number of fused-ring (bicyclic) bond motifs is 1. The number of rotatable bonds is 4. The minimum absolute atomic E-state index is 0.152. The summed E-state index contributed by atoms with van der Waals surface area (Å²) in [5, 5.41) is 6.96. The number of ether oxygens (including phenoxy) is 2. The van der Waals surface area contributed by atoms with Gasteiger partial charge in [0.25, 0.3) is 0 Å². The SMILES string of the molecule is CN=C(NCC(C)(C)OC)NC1C2CCCOC2C1(C)C. The van der Waals surface area contributed by atoms with Gasteiger partial charge in [-0.1, -0.05) is 13.8 Å². The molecule has 1 aliphatic carbocycles. The summed E-state index contributed by atoms with van der Waals surface area (Å²) in [6.07, 6.45) is 2.79. The lowest BCUT2D eigenvalue weighted by Crippen LogP contribution is -2.71. The zero-order chi connectivity index (χ0) is 15.7. The molecule has 1 heterocycles. The van der Waals surface area contributed by atoms with Crippen molar-refractivity contribution in [2.24, 2.45) is 16.3 Å². The Morgan fingerprint density at radius 2 is 2.14 bits per heavy atom. The van der Waals surface area contributed by atoms with Crippen molar-refractivity contribution in [1.82, 2.24) is 10.6 Å². The van der Waals surface area contributed by atoms with Crippen LogP contribution in [0.1, 0.15) is 40.5 Å². The highest BCUT2D eigenvalue weighted by atomic mass is 16.5. The summed E-state index contributed by atoms with van der Waals surface area (Å²) in [6, 6.07) is 0.416. The molecular formula is C16H31N3O2. The number of aliphatic imine (C=N–C) groups is 1. The zero-order valence-corrected chi connectivity index (χ0v) is 14.3. The molecule has 0 bridgehead atoms. The molecule has 0 aromatic rings. The molecule has 0 aromatic carbocycles. The zero-order valence-electron chi connectivity index (χ0n) is 14.3. The molecule has 1 saturated heterocycles. The fraction of sp³-hybridized carbons (Fsp3) is 0.938. The van der Waals surface area contributed by atoms with Gasteiger partial charge in [-0.05, 0) is 26.7 Å². The number of nitrogens with zero attached hydrogens (tertiary/aromatic N) is 1. The number of guanidine groups is 1. The molecule has 21 heavy (non-hydrogen) atoms. The summed E-state index contributed by atoms with van der Waals surface area (Å²) < 4.78 is 11.4. The van der Waals surface area contributed by atoms with Crippen molar-refractivity contribution in [3.8, 4) is 0 Å². The minimum atomic E-state index is -0.205. The average molecular weight is 297 g/mol. The van der Waals surface area contributed by atoms with E-state index in [9.17, 15) is 0 Å². The molecular weight excluding hydrogens is 266 g/mol. The minimum Gasteiger partial charge on any atom is -0.377 e. The van der Waals surface area contributed by atoms with Gasteiger partial charge in [-0.15, -0.1) is 0 Å². The van der Waals surface area contributed by atoms with E-state index in [-0.39, 0.29) is 11.0 Å². The fourth-order valence-corrected chi connectivity index (χ4v) is 3.53. The van der Waals surface area contributed by atoms with Gasteiger partial charge < -0.3 is 20.1 Å². The van der Waals surface area contributed by atoms with E-state index in [1.54, 1.807) is 7.11 Å². The van der Waals surface area contributed by atoms with E-state index in [0.717, 1.165) is 25.5 Å². The lowest BCUT2D eigenvalue weighted by molar-refractivity contribution is -0.188. The number of methoxy groups -OCH3 is 1. The Labute approximate surface area is 128 Å². The summed E-state index contributed by atoms with van der Waals surface area (Å²) >= 11 is 0. The van der Waals surface area contributed by atoms with Crippen LogP contribution in [-0.2, 0) is 9.47 Å². The van der Waals surface area contributed by atoms with Crippen molar-refractivity contribution in [3.63, 3.8) is 0 Å². The van der Waals surface area contributed by atoms with Crippen LogP contribution >= 0.6 is 0 Å². The maximum Gasteiger partial charge on any atom is 0.191 e. The third-order valence-corrected chi connectivity index (χ3v) is 5.08. The lowest BCUT2D eigenvalue weighted by atomic mass is 9.55. The molecule has 1 aliphatic heterocycles. The third-order valence-electron chi connectivity index (χ3n) is 5.08. The molecule has 0 aromatic heterocycles. The van der Waals surface area contributed by atoms with Gasteiger partial charge in [0.05, 0.1) is 11.7 Å². The molecule has 1 saturated carbocycles. The predicted octanol–water partition coefficient (Wildman–Crippen LogP) is 1.78. The Morgan fingerprint density at radius 1 is 1.43 bits per heavy atom. The van der Waals surface area contributed by atoms with Crippen molar-refractivity contribution in [1.29, 1.82) is 0 Å². The molecule has 2 aliphatic rings. The first-order valence-electron chi connectivity index (χ1n) is 7.96. The van der Waals surface area contributed by atoms with Gasteiger partial charge in [-0.2, -0.15) is 0 Å². The number of nitrogens with one attached hydrogen (secondary N) is 2. The van der Waals surface area contributed by atoms with Crippen molar-refractivity contribution < 1.29 is 9.47 Å². The second kappa shape index (κ2) is 6.13. The van der Waals surface area contributed by atoms with Gasteiger partial charge in [0.2, 0.25) is 0 Å². The molecule has 3 atom stereocenters. The van der Waals surface area contributed by atoms with Gasteiger partial charge in [0, 0.05) is 44.7 Å². The lowest BCUT2D eigenvalue weighted by Gasteiger charge is -2.60. The molecule has 5 heteroatoms. The topological polar surface area (TPSA) is 54.9 Å². The van der Waals surface area contributed by atoms with Crippen LogP contribution in [0.3, 0.4) is 0 Å². The van der Waals surface area contributed by atoms with Crippen LogP contribution in [0.5, 0.6) is 0 Å². The van der Waals surface area contributed by atoms with Crippen LogP contribution in [0.4, 0.5) is 0 Å². The molecule has 3 unspecified atom stereocenters. The largest absolute Gasteiger partial charge is 0.377 e. The van der Waals surface area contributed by atoms with E-state index in [0.29, 0.717) is 18.1 Å². The van der Waals surface area contributed by atoms with Crippen LogP contribution < -0.4 is 10.6 Å². The molecule has 5 nitrogen and oxygen atoms in total. The second-order valence-corrected chi connectivity index (χ2v) is 7.43. The molecule has 2 rings (SSSR count). The van der Waals surface area contributed by atoms with E-state index in [4.69, 9.17) is 9.47 Å². The smallest absolute Gasteiger partial charge is 0.191 e. The Balaban J connectivity index is 1.93. The van der Waals surface area contributed by atoms with Crippen molar-refractivity contribution in [2.75, 3.05) is 27.3 Å². The van der Waals surface area contributed by atoms with Crippen LogP contribution in [0.15, 0.2) is 4.99 Å². The molecule has 0 radical (unpaired) electrons. The van der Waals surface area contributed by atoms with Gasteiger partial charge in [-0.3, -0.25) is 4.99 Å². The highest BCUT2D eigenvalue weighted by Gasteiger charge is 2.58. The highest BCUT2D eigenvalue weighted by molar-refractivity contribution is 5.80. The van der Waals surface area contributed by atoms with Crippen molar-refractivity contribution in [3.05, 3.63) is 0 Å². The highest BCUT2D eigenvalue weighted by Crippen LogP contribution is 2.51. The van der Waals surface area contributed by atoms with Crippen LogP contribution in [-0.4, -0.2) is 51.0 Å². The monoisotopic (exact) mass is 297 g/mol. The maximum atomic E-state index is 5.95. The maximum absolute atomic E-state index is 5.95. The summed E-state index contributed by atoms with van der Waals surface area (Å²) in [6.45, 7) is 10.3. The molecule has 0 spiro atoms. The van der Waals surface area contributed by atoms with Crippen LogP contribution in [0.25, 0.3) is 0 Å². The van der Waals surface area contributed by atoms with Gasteiger partial charge >= 0.3 is 0 Å². The Morgan fingerprint density at radius 3 is 2.76 bits per heavy atom. The first-order chi connectivity index (χ1) is 9.81. The first-order valence-corrected chi connectivity index (χ1v) is 7.96. The van der Waals surface area contributed by atoms with Gasteiger partial charge in [-0.25, -0.2) is 0 Å². The standard InChI is InChI=1S/C16H31N3O2/c1-15(2,20-6)10-18-14(17-5)19-12-11-8-7-9-21-13(11)16(12,3)4/h11-13H,7-10H2,1-6H3,(H2,17,18,19). The molecule has 2 fully saturated rings. The molecule has 122 valence electrons. The second-order valence-electron chi connectivity index (χ2n) is 7.43. The Bertz CT molecular complexity index is 393. The van der Waals surface area contributed by atoms with Crippen molar-refractivity contribution >= 4 is 5.96 Å². The number of hydrogen-bond donors (Lipinski definition) is 2. The molecule has 0 amide bonds. The van der Waals surface area contributed by atoms with E-state index in [1.807, 2.05) is 7.05 Å². The summed E-state index contributed by atoms with van der Waals surface area (Å²) in [4.78, 5) is 4.35. The van der Waals surface area contributed by atoms with E-state index >= 15 is 0 Å². The average Bonchev–Trinajstić information content (AvgIpc) is 2.47. The van der Waals surface area contributed by atoms with Crippen LogP contribution in [0, 0.1) is 11.3 Å². The van der Waals surface area contributed by atoms with Crippen LogP contribution in [0.2, 0.25) is 0 Å². The summed E-state index contributed by atoms with van der Waals surface area (Å²) in [7, 11) is 3.55. The van der Waals surface area contributed by atoms with Gasteiger partial charge in [0.15, 0.2) is 5.96 Å². The quantitative estimate of drug-likeness (QED) is 0.613. The third kappa shape index (κ3) is 3.34. The molecule has 2 N–H and O–H groups in total. The van der Waals surface area contributed by atoms with E-state index < -0.39 is 0 Å². The first kappa shape index (κ1) is 16.6. The summed E-state index contributed by atoms with van der Waals surface area (Å²) in [5.74, 6) is 1.45. The van der Waals surface area contributed by atoms with Crippen molar-refractivity contribution in [2.45, 2.75) is 58.3 Å². The predicted molar refractivity (Wildman–Crippen MR) is 85.6 cm³/mol. The summed E-state index contributed by atoms with van der Waals surface area (Å²) in [5.41, 5.74) is -0.0529. The van der Waals surface area contributed by atoms with E-state index in [1.165, 1.54) is 6.42 Å². The normalized spacial score (nSPS) is 32.1.